The molecule has 4 heteroatoms. The van der Waals surface area contributed by atoms with Crippen LogP contribution >= 0.6 is 0 Å². The van der Waals surface area contributed by atoms with E-state index in [0.717, 1.165) is 11.1 Å². The molecule has 0 spiro atoms. The number of nitrogens with zero attached hydrogens (tertiary/aromatic N) is 1. The van der Waals surface area contributed by atoms with Crippen LogP contribution < -0.4 is 5.43 Å². The molecule has 19 heavy (non-hydrogen) atoms. The van der Waals surface area contributed by atoms with E-state index >= 15 is 0 Å². The molecule has 0 aliphatic rings. The van der Waals surface area contributed by atoms with Gasteiger partial charge in [-0.15, -0.1) is 0 Å². The van der Waals surface area contributed by atoms with Gasteiger partial charge in [0.05, 0.1) is 6.21 Å². The second-order valence-corrected chi connectivity index (χ2v) is 4.10. The first-order valence-corrected chi connectivity index (χ1v) is 5.85. The standard InChI is InChI=1S/C15H14N2O2/c1-11-4-2-3-5-13(11)10-16-17-15(19)12-6-8-14(18)9-7-12/h2-10,18H,1H3,(H,17,19)/b16-10+. The van der Waals surface area contributed by atoms with Crippen LogP contribution in [0.5, 0.6) is 5.75 Å². The highest BCUT2D eigenvalue weighted by atomic mass is 16.3. The van der Waals surface area contributed by atoms with Crippen molar-refractivity contribution >= 4 is 12.1 Å². The van der Waals surface area contributed by atoms with Gasteiger partial charge in [-0.25, -0.2) is 5.43 Å². The van der Waals surface area contributed by atoms with Gasteiger partial charge in [0, 0.05) is 5.56 Å². The lowest BCUT2D eigenvalue weighted by Gasteiger charge is -2.01. The van der Waals surface area contributed by atoms with Gasteiger partial charge in [-0.05, 0) is 42.3 Å². The first kappa shape index (κ1) is 12.8. The van der Waals surface area contributed by atoms with Crippen molar-refractivity contribution in [2.45, 2.75) is 6.92 Å². The lowest BCUT2D eigenvalue weighted by atomic mass is 10.1. The minimum absolute atomic E-state index is 0.125. The molecule has 0 aromatic heterocycles. The fraction of sp³-hybridized carbons (Fsp3) is 0.0667. The Kier molecular flexibility index (Phi) is 3.93. The summed E-state index contributed by atoms with van der Waals surface area (Å²) in [7, 11) is 0. The van der Waals surface area contributed by atoms with Gasteiger partial charge in [-0.3, -0.25) is 4.79 Å². The third-order valence-electron chi connectivity index (χ3n) is 2.69. The molecule has 96 valence electrons. The largest absolute Gasteiger partial charge is 0.508 e. The van der Waals surface area contributed by atoms with Crippen molar-refractivity contribution in [1.82, 2.24) is 5.43 Å². The Hall–Kier alpha value is -2.62. The Morgan fingerprint density at radius 1 is 1.16 bits per heavy atom. The van der Waals surface area contributed by atoms with Crippen LogP contribution in [0.3, 0.4) is 0 Å². The highest BCUT2D eigenvalue weighted by Crippen LogP contribution is 2.09. The summed E-state index contributed by atoms with van der Waals surface area (Å²) in [5.74, 6) is -0.190. The number of aryl methyl sites for hydroxylation is 1. The van der Waals surface area contributed by atoms with Crippen LogP contribution in [0, 0.1) is 6.92 Å². The Bertz CT molecular complexity index is 604. The van der Waals surface area contributed by atoms with Gasteiger partial charge < -0.3 is 5.11 Å². The van der Waals surface area contributed by atoms with Gasteiger partial charge in [0.15, 0.2) is 0 Å². The minimum Gasteiger partial charge on any atom is -0.508 e. The second-order valence-electron chi connectivity index (χ2n) is 4.10. The number of phenolic OH excluding ortho intramolecular Hbond substituents is 1. The predicted molar refractivity (Wildman–Crippen MR) is 74.3 cm³/mol. The van der Waals surface area contributed by atoms with E-state index in [1.807, 2.05) is 31.2 Å². The van der Waals surface area contributed by atoms with E-state index < -0.39 is 0 Å². The molecule has 0 saturated carbocycles. The molecule has 2 rings (SSSR count). The second kappa shape index (κ2) is 5.82. The minimum atomic E-state index is -0.315. The average Bonchev–Trinajstić information content (AvgIpc) is 2.41. The van der Waals surface area contributed by atoms with E-state index in [0.29, 0.717) is 5.56 Å². The summed E-state index contributed by atoms with van der Waals surface area (Å²) in [6, 6.07) is 13.7. The van der Waals surface area contributed by atoms with Gasteiger partial charge in [-0.1, -0.05) is 24.3 Å². The highest BCUT2D eigenvalue weighted by molar-refractivity contribution is 5.95. The highest BCUT2D eigenvalue weighted by Gasteiger charge is 2.03. The number of aromatic hydroxyl groups is 1. The van der Waals surface area contributed by atoms with Gasteiger partial charge in [-0.2, -0.15) is 5.10 Å². The van der Waals surface area contributed by atoms with Gasteiger partial charge >= 0.3 is 0 Å². The maximum absolute atomic E-state index is 11.7. The molecule has 2 aromatic rings. The number of phenols is 1. The molecule has 1 amide bonds. The third-order valence-corrected chi connectivity index (χ3v) is 2.69. The van der Waals surface area contributed by atoms with Crippen LogP contribution in [-0.2, 0) is 0 Å². The molecule has 2 N–H and O–H groups in total. The van der Waals surface area contributed by atoms with Crippen LogP contribution in [0.25, 0.3) is 0 Å². The van der Waals surface area contributed by atoms with E-state index in [9.17, 15) is 4.79 Å². The van der Waals surface area contributed by atoms with E-state index in [-0.39, 0.29) is 11.7 Å². The number of benzene rings is 2. The Balaban J connectivity index is 2.01. The fourth-order valence-corrected chi connectivity index (χ4v) is 1.57. The smallest absolute Gasteiger partial charge is 0.271 e. The number of hydrogen-bond donors (Lipinski definition) is 2. The van der Waals surface area contributed by atoms with Crippen LogP contribution in [0.15, 0.2) is 53.6 Å². The zero-order valence-electron chi connectivity index (χ0n) is 10.5. The first-order chi connectivity index (χ1) is 9.16. The first-order valence-electron chi connectivity index (χ1n) is 5.85. The zero-order valence-corrected chi connectivity index (χ0v) is 10.5. The van der Waals surface area contributed by atoms with E-state index in [4.69, 9.17) is 5.11 Å². The number of carbonyl (C=O) groups is 1. The molecule has 0 saturated heterocycles. The molecule has 0 fully saturated rings. The Morgan fingerprint density at radius 2 is 1.84 bits per heavy atom. The number of amides is 1. The normalized spacial score (nSPS) is 10.6. The van der Waals surface area contributed by atoms with Gasteiger partial charge in [0.1, 0.15) is 5.75 Å². The zero-order chi connectivity index (χ0) is 13.7. The molecule has 0 unspecified atom stereocenters. The van der Waals surface area contributed by atoms with Crippen molar-refractivity contribution < 1.29 is 9.90 Å². The summed E-state index contributed by atoms with van der Waals surface area (Å²) in [4.78, 5) is 11.7. The quantitative estimate of drug-likeness (QED) is 0.653. The average molecular weight is 254 g/mol. The van der Waals surface area contributed by atoms with Crippen LogP contribution in [-0.4, -0.2) is 17.2 Å². The summed E-state index contributed by atoms with van der Waals surface area (Å²) in [6.45, 7) is 1.98. The van der Waals surface area contributed by atoms with Crippen molar-refractivity contribution in [3.8, 4) is 5.75 Å². The molecular weight excluding hydrogens is 240 g/mol. The van der Waals surface area contributed by atoms with E-state index in [1.165, 1.54) is 24.3 Å². The monoisotopic (exact) mass is 254 g/mol. The third kappa shape index (κ3) is 3.42. The molecule has 2 aromatic carbocycles. The SMILES string of the molecule is Cc1ccccc1/C=N/NC(=O)c1ccc(O)cc1. The lowest BCUT2D eigenvalue weighted by molar-refractivity contribution is 0.0955. The van der Waals surface area contributed by atoms with Gasteiger partial charge in [0.25, 0.3) is 5.91 Å². The summed E-state index contributed by atoms with van der Waals surface area (Å²) in [5, 5.41) is 13.0. The molecule has 0 aliphatic carbocycles. The number of hydrogen-bond acceptors (Lipinski definition) is 3. The number of carbonyl (C=O) groups excluding carboxylic acids is 1. The van der Waals surface area contributed by atoms with Crippen LogP contribution in [0.2, 0.25) is 0 Å². The number of nitrogens with one attached hydrogen (secondary N) is 1. The van der Waals surface area contributed by atoms with E-state index in [1.54, 1.807) is 6.21 Å². The Morgan fingerprint density at radius 3 is 2.53 bits per heavy atom. The maximum Gasteiger partial charge on any atom is 0.271 e. The molecule has 0 heterocycles. The molecule has 0 aliphatic heterocycles. The number of hydrazone groups is 1. The predicted octanol–water partition coefficient (Wildman–Crippen LogP) is 2.46. The van der Waals surface area contributed by atoms with Crippen LogP contribution in [0.4, 0.5) is 0 Å². The van der Waals surface area contributed by atoms with Gasteiger partial charge in [0.2, 0.25) is 0 Å². The summed E-state index contributed by atoms with van der Waals surface area (Å²) < 4.78 is 0. The lowest BCUT2D eigenvalue weighted by Crippen LogP contribution is -2.17. The maximum atomic E-state index is 11.7. The molecule has 0 radical (unpaired) electrons. The topological polar surface area (TPSA) is 61.7 Å². The summed E-state index contributed by atoms with van der Waals surface area (Å²) in [6.07, 6.45) is 1.60. The molecular formula is C15H14N2O2. The van der Waals surface area contributed by atoms with Crippen molar-refractivity contribution in [3.05, 3.63) is 65.2 Å². The van der Waals surface area contributed by atoms with Crippen molar-refractivity contribution in [2.24, 2.45) is 5.10 Å². The van der Waals surface area contributed by atoms with Crippen molar-refractivity contribution in [3.63, 3.8) is 0 Å². The molecule has 4 nitrogen and oxygen atoms in total. The van der Waals surface area contributed by atoms with Crippen LogP contribution in [0.1, 0.15) is 21.5 Å². The molecule has 0 atom stereocenters. The summed E-state index contributed by atoms with van der Waals surface area (Å²) in [5.41, 5.74) is 4.93. The number of rotatable bonds is 3. The fourth-order valence-electron chi connectivity index (χ4n) is 1.57. The van der Waals surface area contributed by atoms with Crippen molar-refractivity contribution in [2.75, 3.05) is 0 Å². The van der Waals surface area contributed by atoms with E-state index in [2.05, 4.69) is 10.5 Å². The summed E-state index contributed by atoms with van der Waals surface area (Å²) >= 11 is 0. The van der Waals surface area contributed by atoms with Crippen molar-refractivity contribution in [1.29, 1.82) is 0 Å². The Labute approximate surface area is 111 Å². The molecule has 0 bridgehead atoms.